The summed E-state index contributed by atoms with van der Waals surface area (Å²) < 4.78 is 0. The van der Waals surface area contributed by atoms with Gasteiger partial charge in [0.1, 0.15) is 0 Å². The maximum Gasteiger partial charge on any atom is 0.220 e. The number of halogens is 2. The van der Waals surface area contributed by atoms with Crippen molar-refractivity contribution in [2.75, 3.05) is 0 Å². The molecule has 1 aromatic carbocycles. The zero-order valence-corrected chi connectivity index (χ0v) is 11.2. The highest BCUT2D eigenvalue weighted by Crippen LogP contribution is 2.33. The van der Waals surface area contributed by atoms with Crippen LogP contribution in [0.25, 0.3) is 0 Å². The number of nitrogens with one attached hydrogen (secondary N) is 1. The van der Waals surface area contributed by atoms with Gasteiger partial charge in [-0.05, 0) is 37.0 Å². The second-order valence-corrected chi connectivity index (χ2v) is 5.37. The van der Waals surface area contributed by atoms with Gasteiger partial charge >= 0.3 is 0 Å². The molecule has 0 aliphatic carbocycles. The molecule has 4 heteroatoms. The topological polar surface area (TPSA) is 29.1 Å². The molecular formula is C13H15Cl2NO. The van der Waals surface area contributed by atoms with Crippen molar-refractivity contribution in [3.05, 3.63) is 33.8 Å². The molecule has 0 saturated carbocycles. The molecule has 0 aromatic heterocycles. The molecule has 1 heterocycles. The Labute approximate surface area is 111 Å². The minimum Gasteiger partial charge on any atom is -0.350 e. The van der Waals surface area contributed by atoms with Crippen LogP contribution < -0.4 is 5.32 Å². The van der Waals surface area contributed by atoms with Gasteiger partial charge in [-0.15, -0.1) is 0 Å². The van der Waals surface area contributed by atoms with Crippen LogP contribution in [0, 0.1) is 0 Å². The molecule has 92 valence electrons. The van der Waals surface area contributed by atoms with E-state index >= 15 is 0 Å². The summed E-state index contributed by atoms with van der Waals surface area (Å²) in [6.45, 7) is 2.08. The summed E-state index contributed by atoms with van der Waals surface area (Å²) in [5.41, 5.74) is 0.756. The minimum atomic E-state index is -0.175. The molecule has 2 rings (SSSR count). The SMILES string of the molecule is CCC1(Cc2c(Cl)cccc2Cl)CCC(=O)N1. The quantitative estimate of drug-likeness (QED) is 0.895. The van der Waals surface area contributed by atoms with Crippen molar-refractivity contribution in [2.45, 2.75) is 38.1 Å². The van der Waals surface area contributed by atoms with Crippen molar-refractivity contribution < 1.29 is 4.79 Å². The van der Waals surface area contributed by atoms with E-state index in [1.54, 1.807) is 0 Å². The van der Waals surface area contributed by atoms with E-state index in [9.17, 15) is 4.79 Å². The van der Waals surface area contributed by atoms with E-state index in [2.05, 4.69) is 12.2 Å². The summed E-state index contributed by atoms with van der Waals surface area (Å²) in [6.07, 6.45) is 3.04. The summed E-state index contributed by atoms with van der Waals surface area (Å²) in [4.78, 5) is 11.4. The number of rotatable bonds is 3. The first-order valence-electron chi connectivity index (χ1n) is 5.80. The van der Waals surface area contributed by atoms with Crippen molar-refractivity contribution in [3.63, 3.8) is 0 Å². The minimum absolute atomic E-state index is 0.120. The van der Waals surface area contributed by atoms with Gasteiger partial charge in [-0.1, -0.05) is 36.2 Å². The monoisotopic (exact) mass is 271 g/mol. The first kappa shape index (κ1) is 12.7. The number of carbonyl (C=O) groups excluding carboxylic acids is 1. The molecule has 17 heavy (non-hydrogen) atoms. The van der Waals surface area contributed by atoms with Crippen LogP contribution in [-0.4, -0.2) is 11.4 Å². The van der Waals surface area contributed by atoms with Crippen molar-refractivity contribution in [2.24, 2.45) is 0 Å². The normalized spacial score (nSPS) is 23.8. The number of carbonyl (C=O) groups is 1. The van der Waals surface area contributed by atoms with E-state index in [4.69, 9.17) is 23.2 Å². The lowest BCUT2D eigenvalue weighted by Gasteiger charge is -2.28. The molecule has 1 fully saturated rings. The lowest BCUT2D eigenvalue weighted by molar-refractivity contribution is -0.119. The van der Waals surface area contributed by atoms with E-state index in [0.717, 1.165) is 18.4 Å². The largest absolute Gasteiger partial charge is 0.350 e. The molecule has 1 unspecified atom stereocenters. The molecular weight excluding hydrogens is 257 g/mol. The first-order chi connectivity index (χ1) is 8.06. The van der Waals surface area contributed by atoms with Crippen molar-refractivity contribution >= 4 is 29.1 Å². The van der Waals surface area contributed by atoms with Crippen LogP contribution in [0.2, 0.25) is 10.0 Å². The lowest BCUT2D eigenvalue weighted by atomic mass is 9.87. The third-order valence-electron chi connectivity index (χ3n) is 3.49. The van der Waals surface area contributed by atoms with Gasteiger partial charge in [0.2, 0.25) is 5.91 Å². The van der Waals surface area contributed by atoms with E-state index in [-0.39, 0.29) is 11.4 Å². The summed E-state index contributed by atoms with van der Waals surface area (Å²) >= 11 is 12.3. The average Bonchev–Trinajstić information content (AvgIpc) is 2.67. The zero-order valence-electron chi connectivity index (χ0n) is 9.72. The average molecular weight is 272 g/mol. The Morgan fingerprint density at radius 3 is 2.47 bits per heavy atom. The smallest absolute Gasteiger partial charge is 0.220 e. The zero-order chi connectivity index (χ0) is 12.5. The predicted molar refractivity (Wildman–Crippen MR) is 70.6 cm³/mol. The van der Waals surface area contributed by atoms with Crippen molar-refractivity contribution in [1.29, 1.82) is 0 Å². The van der Waals surface area contributed by atoms with Gasteiger partial charge in [0.25, 0.3) is 0 Å². The molecule has 1 saturated heterocycles. The van der Waals surface area contributed by atoms with Crippen LogP contribution in [0.5, 0.6) is 0 Å². The second-order valence-electron chi connectivity index (χ2n) is 4.56. The number of hydrogen-bond acceptors (Lipinski definition) is 1. The van der Waals surface area contributed by atoms with Crippen LogP contribution >= 0.6 is 23.2 Å². The Bertz CT molecular complexity index is 427. The van der Waals surface area contributed by atoms with E-state index in [1.165, 1.54) is 0 Å². The number of hydrogen-bond donors (Lipinski definition) is 1. The Kier molecular flexibility index (Phi) is 3.64. The first-order valence-corrected chi connectivity index (χ1v) is 6.56. The summed E-state index contributed by atoms with van der Waals surface area (Å²) in [7, 11) is 0. The fourth-order valence-corrected chi connectivity index (χ4v) is 2.87. The molecule has 0 radical (unpaired) electrons. The molecule has 1 amide bonds. The molecule has 0 bridgehead atoms. The van der Waals surface area contributed by atoms with Crippen LogP contribution in [0.4, 0.5) is 0 Å². The Morgan fingerprint density at radius 2 is 2.00 bits per heavy atom. The number of benzene rings is 1. The van der Waals surface area contributed by atoms with Crippen LogP contribution in [0.3, 0.4) is 0 Å². The van der Waals surface area contributed by atoms with Crippen LogP contribution in [0.1, 0.15) is 31.7 Å². The Hall–Kier alpha value is -0.730. The molecule has 1 aromatic rings. The highest BCUT2D eigenvalue weighted by molar-refractivity contribution is 6.36. The molecule has 1 aliphatic heterocycles. The lowest BCUT2D eigenvalue weighted by Crippen LogP contribution is -2.43. The van der Waals surface area contributed by atoms with Gasteiger partial charge in [-0.3, -0.25) is 4.79 Å². The highest BCUT2D eigenvalue weighted by Gasteiger charge is 2.36. The summed E-state index contributed by atoms with van der Waals surface area (Å²) in [5, 5.41) is 4.41. The van der Waals surface area contributed by atoms with Gasteiger partial charge < -0.3 is 5.32 Å². The molecule has 1 aliphatic rings. The van der Waals surface area contributed by atoms with E-state index in [0.29, 0.717) is 22.9 Å². The van der Waals surface area contributed by atoms with E-state index < -0.39 is 0 Å². The van der Waals surface area contributed by atoms with Crippen LogP contribution in [0.15, 0.2) is 18.2 Å². The van der Waals surface area contributed by atoms with E-state index in [1.807, 2.05) is 18.2 Å². The Morgan fingerprint density at radius 1 is 1.35 bits per heavy atom. The van der Waals surface area contributed by atoms with Crippen LogP contribution in [-0.2, 0) is 11.2 Å². The standard InChI is InChI=1S/C13H15Cl2NO/c1-2-13(7-6-12(17)16-13)8-9-10(14)4-3-5-11(9)15/h3-5H,2,6-8H2,1H3,(H,16,17). The summed E-state index contributed by atoms with van der Waals surface area (Å²) in [6, 6.07) is 5.51. The van der Waals surface area contributed by atoms with Gasteiger partial charge in [0.05, 0.1) is 0 Å². The van der Waals surface area contributed by atoms with Gasteiger partial charge in [-0.2, -0.15) is 0 Å². The maximum atomic E-state index is 11.4. The Balaban J connectivity index is 2.28. The predicted octanol–water partition coefficient (Wildman–Crippen LogP) is 3.59. The molecule has 0 spiro atoms. The third kappa shape index (κ3) is 2.58. The van der Waals surface area contributed by atoms with Gasteiger partial charge in [0, 0.05) is 22.0 Å². The fraction of sp³-hybridized carbons (Fsp3) is 0.462. The fourth-order valence-electron chi connectivity index (χ4n) is 2.34. The van der Waals surface area contributed by atoms with Gasteiger partial charge in [0.15, 0.2) is 0 Å². The molecule has 2 nitrogen and oxygen atoms in total. The molecule has 1 N–H and O–H groups in total. The second kappa shape index (κ2) is 4.87. The highest BCUT2D eigenvalue weighted by atomic mass is 35.5. The number of amides is 1. The summed E-state index contributed by atoms with van der Waals surface area (Å²) in [5.74, 6) is 0.120. The van der Waals surface area contributed by atoms with Crippen molar-refractivity contribution in [3.8, 4) is 0 Å². The van der Waals surface area contributed by atoms with Crippen molar-refractivity contribution in [1.82, 2.24) is 5.32 Å². The van der Waals surface area contributed by atoms with Gasteiger partial charge in [-0.25, -0.2) is 0 Å². The molecule has 1 atom stereocenters. The third-order valence-corrected chi connectivity index (χ3v) is 4.20. The maximum absolute atomic E-state index is 11.4.